The molecule has 0 aromatic carbocycles. The monoisotopic (exact) mass is 220 g/mol. The summed E-state index contributed by atoms with van der Waals surface area (Å²) < 4.78 is 10.5. The van der Waals surface area contributed by atoms with Gasteiger partial charge in [0.15, 0.2) is 0 Å². The smallest absolute Gasteiger partial charge is 0.129 e. The molecule has 0 atom stereocenters. The normalized spacial score (nSPS) is 24.4. The van der Waals surface area contributed by atoms with E-state index in [4.69, 9.17) is 9.47 Å². The molecule has 2 rings (SSSR count). The standard InChI is InChI=1S/C12H16N2O2/c1-9-5-11(7-15-9)13-3-4-14-12-6-10(2)16-8-12/h5-6H,3-4,7-8H2,1-2H3. The van der Waals surface area contributed by atoms with Gasteiger partial charge in [0, 0.05) is 12.2 Å². The first-order valence-corrected chi connectivity index (χ1v) is 5.43. The molecule has 0 fully saturated rings. The number of hydrogen-bond acceptors (Lipinski definition) is 4. The molecule has 0 unspecified atom stereocenters. The SMILES string of the molecule is CC1=CC(=NCCN=C2C=C(C)OC2)CO1. The van der Waals surface area contributed by atoms with Gasteiger partial charge in [0.2, 0.25) is 0 Å². The molecule has 4 nitrogen and oxygen atoms in total. The Morgan fingerprint density at radius 3 is 1.69 bits per heavy atom. The van der Waals surface area contributed by atoms with Crippen molar-refractivity contribution in [1.82, 2.24) is 0 Å². The van der Waals surface area contributed by atoms with Crippen LogP contribution in [0.5, 0.6) is 0 Å². The Kier molecular flexibility index (Phi) is 3.39. The van der Waals surface area contributed by atoms with Crippen molar-refractivity contribution in [2.45, 2.75) is 13.8 Å². The number of ether oxygens (including phenoxy) is 2. The van der Waals surface area contributed by atoms with Crippen LogP contribution in [0.25, 0.3) is 0 Å². The lowest BCUT2D eigenvalue weighted by Crippen LogP contribution is -2.02. The topological polar surface area (TPSA) is 43.2 Å². The van der Waals surface area contributed by atoms with Crippen LogP contribution in [0.3, 0.4) is 0 Å². The average Bonchev–Trinajstić information content (AvgIpc) is 2.83. The Hall–Kier alpha value is -1.58. The molecule has 2 aliphatic rings. The number of rotatable bonds is 3. The van der Waals surface area contributed by atoms with E-state index >= 15 is 0 Å². The summed E-state index contributed by atoms with van der Waals surface area (Å²) in [5.41, 5.74) is 2.01. The lowest BCUT2D eigenvalue weighted by atomic mass is 10.3. The molecule has 16 heavy (non-hydrogen) atoms. The van der Waals surface area contributed by atoms with E-state index in [0.717, 1.165) is 22.9 Å². The molecule has 0 saturated heterocycles. The van der Waals surface area contributed by atoms with Crippen LogP contribution in [0.15, 0.2) is 33.7 Å². The fourth-order valence-electron chi connectivity index (χ4n) is 1.58. The second-order valence-corrected chi connectivity index (χ2v) is 3.83. The molecule has 0 aromatic heterocycles. The molecule has 0 spiro atoms. The van der Waals surface area contributed by atoms with Gasteiger partial charge < -0.3 is 9.47 Å². The Labute approximate surface area is 95.4 Å². The van der Waals surface area contributed by atoms with Crippen molar-refractivity contribution in [1.29, 1.82) is 0 Å². The third-order valence-electron chi connectivity index (χ3n) is 2.36. The molecular formula is C12H16N2O2. The van der Waals surface area contributed by atoms with Crippen LogP contribution in [0.2, 0.25) is 0 Å². The van der Waals surface area contributed by atoms with Crippen molar-refractivity contribution in [3.63, 3.8) is 0 Å². The summed E-state index contributed by atoms with van der Waals surface area (Å²) in [6.45, 7) is 6.49. The van der Waals surface area contributed by atoms with E-state index in [1.807, 2.05) is 26.0 Å². The first-order valence-electron chi connectivity index (χ1n) is 5.43. The molecule has 86 valence electrons. The Balaban J connectivity index is 1.77. The zero-order chi connectivity index (χ0) is 11.4. The van der Waals surface area contributed by atoms with E-state index in [1.54, 1.807) is 0 Å². The van der Waals surface area contributed by atoms with Crippen LogP contribution in [-0.4, -0.2) is 37.7 Å². The molecule has 0 amide bonds. The Bertz CT molecular complexity index is 354. The summed E-state index contributed by atoms with van der Waals surface area (Å²) in [5.74, 6) is 1.88. The highest BCUT2D eigenvalue weighted by Crippen LogP contribution is 2.07. The molecule has 2 heterocycles. The molecule has 0 bridgehead atoms. The molecule has 2 aliphatic heterocycles. The predicted octanol–water partition coefficient (Wildman–Crippen LogP) is 1.74. The number of allylic oxidation sites excluding steroid dienone is 2. The third kappa shape index (κ3) is 2.95. The van der Waals surface area contributed by atoms with Gasteiger partial charge in [-0.3, -0.25) is 9.98 Å². The van der Waals surface area contributed by atoms with Gasteiger partial charge in [0.05, 0.1) is 36.0 Å². The summed E-state index contributed by atoms with van der Waals surface area (Å²) >= 11 is 0. The van der Waals surface area contributed by atoms with E-state index in [0.29, 0.717) is 26.3 Å². The number of hydrogen-bond donors (Lipinski definition) is 0. The van der Waals surface area contributed by atoms with Gasteiger partial charge in [0.1, 0.15) is 13.2 Å². The highest BCUT2D eigenvalue weighted by atomic mass is 16.5. The van der Waals surface area contributed by atoms with Crippen molar-refractivity contribution >= 4 is 11.4 Å². The zero-order valence-corrected chi connectivity index (χ0v) is 9.69. The maximum absolute atomic E-state index is 5.27. The molecule has 0 aliphatic carbocycles. The van der Waals surface area contributed by atoms with Gasteiger partial charge in [-0.25, -0.2) is 0 Å². The van der Waals surface area contributed by atoms with Crippen molar-refractivity contribution in [3.8, 4) is 0 Å². The summed E-state index contributed by atoms with van der Waals surface area (Å²) in [7, 11) is 0. The second kappa shape index (κ2) is 4.96. The van der Waals surface area contributed by atoms with E-state index in [1.165, 1.54) is 0 Å². The van der Waals surface area contributed by atoms with E-state index in [9.17, 15) is 0 Å². The third-order valence-corrected chi connectivity index (χ3v) is 2.36. The molecule has 0 radical (unpaired) electrons. The molecule has 0 saturated carbocycles. The lowest BCUT2D eigenvalue weighted by molar-refractivity contribution is 0.275. The summed E-state index contributed by atoms with van der Waals surface area (Å²) in [4.78, 5) is 8.80. The zero-order valence-electron chi connectivity index (χ0n) is 9.69. The second-order valence-electron chi connectivity index (χ2n) is 3.83. The van der Waals surface area contributed by atoms with E-state index in [2.05, 4.69) is 9.98 Å². The van der Waals surface area contributed by atoms with Gasteiger partial charge >= 0.3 is 0 Å². The van der Waals surface area contributed by atoms with Gasteiger partial charge in [0.25, 0.3) is 0 Å². The molecule has 0 N–H and O–H groups in total. The summed E-state index contributed by atoms with van der Waals surface area (Å²) in [6.07, 6.45) is 3.94. The first kappa shape index (κ1) is 10.9. The van der Waals surface area contributed by atoms with Crippen LogP contribution < -0.4 is 0 Å². The van der Waals surface area contributed by atoms with Gasteiger partial charge in [-0.15, -0.1) is 0 Å². The van der Waals surface area contributed by atoms with Crippen molar-refractivity contribution in [2.24, 2.45) is 9.98 Å². The average molecular weight is 220 g/mol. The largest absolute Gasteiger partial charge is 0.492 e. The Morgan fingerprint density at radius 2 is 1.38 bits per heavy atom. The molecular weight excluding hydrogens is 204 g/mol. The first-order chi connectivity index (χ1) is 7.74. The highest BCUT2D eigenvalue weighted by Gasteiger charge is 2.07. The molecule has 4 heteroatoms. The maximum Gasteiger partial charge on any atom is 0.129 e. The van der Waals surface area contributed by atoms with Crippen molar-refractivity contribution < 1.29 is 9.47 Å². The van der Waals surface area contributed by atoms with Crippen LogP contribution in [0, 0.1) is 0 Å². The van der Waals surface area contributed by atoms with Crippen LogP contribution in [0.4, 0.5) is 0 Å². The van der Waals surface area contributed by atoms with Crippen LogP contribution >= 0.6 is 0 Å². The van der Waals surface area contributed by atoms with Gasteiger partial charge in [-0.1, -0.05) is 0 Å². The van der Waals surface area contributed by atoms with E-state index in [-0.39, 0.29) is 0 Å². The lowest BCUT2D eigenvalue weighted by Gasteiger charge is -1.95. The minimum absolute atomic E-state index is 0.602. The molecule has 0 aromatic rings. The Morgan fingerprint density at radius 1 is 0.938 bits per heavy atom. The van der Waals surface area contributed by atoms with Crippen molar-refractivity contribution in [2.75, 3.05) is 26.3 Å². The number of aliphatic imine (C=N–C) groups is 2. The summed E-state index contributed by atoms with van der Waals surface area (Å²) in [6, 6.07) is 0. The highest BCUT2D eigenvalue weighted by molar-refractivity contribution is 5.98. The predicted molar refractivity (Wildman–Crippen MR) is 64.0 cm³/mol. The quantitative estimate of drug-likeness (QED) is 0.680. The van der Waals surface area contributed by atoms with Crippen molar-refractivity contribution in [3.05, 3.63) is 23.7 Å². The maximum atomic E-state index is 5.27. The van der Waals surface area contributed by atoms with E-state index < -0.39 is 0 Å². The van der Waals surface area contributed by atoms with Crippen LogP contribution in [-0.2, 0) is 9.47 Å². The number of nitrogens with zero attached hydrogens (tertiary/aromatic N) is 2. The van der Waals surface area contributed by atoms with Gasteiger partial charge in [-0.05, 0) is 13.8 Å². The minimum atomic E-state index is 0.602. The fraction of sp³-hybridized carbons (Fsp3) is 0.500. The summed E-state index contributed by atoms with van der Waals surface area (Å²) in [5, 5.41) is 0. The fourth-order valence-corrected chi connectivity index (χ4v) is 1.58. The minimum Gasteiger partial charge on any atom is -0.492 e. The van der Waals surface area contributed by atoms with Gasteiger partial charge in [-0.2, -0.15) is 0 Å². The van der Waals surface area contributed by atoms with Crippen LogP contribution in [0.1, 0.15) is 13.8 Å².